The molecule has 0 saturated carbocycles. The van der Waals surface area contributed by atoms with Gasteiger partial charge < -0.3 is 5.73 Å². The van der Waals surface area contributed by atoms with E-state index in [0.29, 0.717) is 22.3 Å². The van der Waals surface area contributed by atoms with Crippen LogP contribution < -0.4 is 5.73 Å². The topological polar surface area (TPSA) is 69.6 Å². The highest BCUT2D eigenvalue weighted by Crippen LogP contribution is 2.35. The van der Waals surface area contributed by atoms with E-state index in [1.165, 1.54) is 18.5 Å². The van der Waals surface area contributed by atoms with Gasteiger partial charge in [-0.15, -0.1) is 0 Å². The number of hydrogen-bond donors (Lipinski definition) is 1. The number of benzene rings is 1. The highest BCUT2D eigenvalue weighted by Gasteiger charge is 2.30. The smallest absolute Gasteiger partial charge is 0.383 e. The van der Waals surface area contributed by atoms with Crippen LogP contribution in [-0.2, 0) is 11.7 Å². The molecule has 0 fully saturated rings. The van der Waals surface area contributed by atoms with E-state index in [2.05, 4.69) is 15.1 Å². The number of halogens is 3. The Balaban J connectivity index is 2.23. The van der Waals surface area contributed by atoms with Crippen molar-refractivity contribution in [2.24, 2.45) is 0 Å². The van der Waals surface area contributed by atoms with Crippen molar-refractivity contribution in [3.8, 4) is 11.3 Å². The molecule has 0 saturated heterocycles. The summed E-state index contributed by atoms with van der Waals surface area (Å²) < 4.78 is 39.9. The van der Waals surface area contributed by atoms with E-state index in [1.54, 1.807) is 4.68 Å². The highest BCUT2D eigenvalue weighted by atomic mass is 19.4. The van der Waals surface area contributed by atoms with Crippen molar-refractivity contribution < 1.29 is 13.2 Å². The molecule has 2 aromatic heterocycles. The minimum absolute atomic E-state index is 0.241. The van der Waals surface area contributed by atoms with Gasteiger partial charge in [-0.05, 0) is 32.9 Å². The fraction of sp³-hybridized carbons (Fsp3) is 0.312. The lowest BCUT2D eigenvalue weighted by molar-refractivity contribution is -0.137. The van der Waals surface area contributed by atoms with Crippen LogP contribution in [0.2, 0.25) is 0 Å². The third-order valence-electron chi connectivity index (χ3n) is 3.62. The maximum absolute atomic E-state index is 12.7. The predicted octanol–water partition coefficient (Wildman–Crippen LogP) is 3.85. The van der Waals surface area contributed by atoms with E-state index in [-0.39, 0.29) is 11.4 Å². The molecule has 2 N–H and O–H groups in total. The first-order valence-electron chi connectivity index (χ1n) is 7.26. The van der Waals surface area contributed by atoms with Crippen molar-refractivity contribution in [3.63, 3.8) is 0 Å². The number of nitrogens with zero attached hydrogens (tertiary/aromatic N) is 4. The SMILES string of the molecule is CC(C)(C)n1nc(-c2ccc(C(F)(F)F)cc2)c2c(N)ncnc21. The minimum atomic E-state index is -4.38. The summed E-state index contributed by atoms with van der Waals surface area (Å²) in [6.45, 7) is 5.86. The van der Waals surface area contributed by atoms with Crippen LogP contribution in [-0.4, -0.2) is 19.7 Å². The molecule has 0 unspecified atom stereocenters. The van der Waals surface area contributed by atoms with Crippen LogP contribution >= 0.6 is 0 Å². The van der Waals surface area contributed by atoms with Gasteiger partial charge in [0.15, 0.2) is 5.65 Å². The molecule has 0 aliphatic carbocycles. The van der Waals surface area contributed by atoms with Gasteiger partial charge in [-0.2, -0.15) is 18.3 Å². The lowest BCUT2D eigenvalue weighted by Crippen LogP contribution is -2.23. The second kappa shape index (κ2) is 5.19. The van der Waals surface area contributed by atoms with Crippen LogP contribution in [0.25, 0.3) is 22.3 Å². The molecule has 0 atom stereocenters. The van der Waals surface area contributed by atoms with E-state index in [9.17, 15) is 13.2 Å². The molecule has 2 heterocycles. The monoisotopic (exact) mass is 335 g/mol. The highest BCUT2D eigenvalue weighted by molar-refractivity contribution is 5.98. The third kappa shape index (κ3) is 2.68. The van der Waals surface area contributed by atoms with E-state index < -0.39 is 11.7 Å². The number of aromatic nitrogens is 4. The number of nitrogen functional groups attached to an aromatic ring is 1. The standard InChI is InChI=1S/C16H16F3N5/c1-15(2,3)24-14-11(13(20)21-8-22-14)12(23-24)9-4-6-10(7-5-9)16(17,18)19/h4-8H,1-3H3,(H2,20,21,22). The number of anilines is 1. The van der Waals surface area contributed by atoms with E-state index in [4.69, 9.17) is 5.73 Å². The maximum Gasteiger partial charge on any atom is 0.416 e. The van der Waals surface area contributed by atoms with Gasteiger partial charge in [-0.3, -0.25) is 0 Å². The largest absolute Gasteiger partial charge is 0.416 e. The van der Waals surface area contributed by atoms with Gasteiger partial charge in [0.05, 0.1) is 16.5 Å². The first-order valence-corrected chi connectivity index (χ1v) is 7.26. The van der Waals surface area contributed by atoms with Crippen molar-refractivity contribution in [1.82, 2.24) is 19.7 Å². The zero-order valence-electron chi connectivity index (χ0n) is 13.4. The Hall–Kier alpha value is -2.64. The normalized spacial score (nSPS) is 12.8. The van der Waals surface area contributed by atoms with Crippen LogP contribution in [0.15, 0.2) is 30.6 Å². The van der Waals surface area contributed by atoms with E-state index >= 15 is 0 Å². The summed E-state index contributed by atoms with van der Waals surface area (Å²) in [6.07, 6.45) is -3.04. The summed E-state index contributed by atoms with van der Waals surface area (Å²) in [7, 11) is 0. The second-order valence-corrected chi connectivity index (χ2v) is 6.46. The van der Waals surface area contributed by atoms with Gasteiger partial charge >= 0.3 is 6.18 Å². The van der Waals surface area contributed by atoms with Crippen LogP contribution in [0.4, 0.5) is 19.0 Å². The Bertz CT molecular complexity index is 889. The summed E-state index contributed by atoms with van der Waals surface area (Å²) in [5, 5.41) is 5.07. The van der Waals surface area contributed by atoms with Gasteiger partial charge in [0, 0.05) is 5.56 Å². The molecule has 0 aliphatic heterocycles. The molecule has 0 amide bonds. The summed E-state index contributed by atoms with van der Waals surface area (Å²) in [5.41, 5.74) is 6.42. The number of fused-ring (bicyclic) bond motifs is 1. The Morgan fingerprint density at radius 3 is 2.17 bits per heavy atom. The molecule has 8 heteroatoms. The van der Waals surface area contributed by atoms with Crippen molar-refractivity contribution in [3.05, 3.63) is 36.2 Å². The number of hydrogen-bond acceptors (Lipinski definition) is 4. The van der Waals surface area contributed by atoms with Crippen molar-refractivity contribution in [2.45, 2.75) is 32.5 Å². The molecule has 126 valence electrons. The van der Waals surface area contributed by atoms with Gasteiger partial charge in [0.1, 0.15) is 17.8 Å². The quantitative estimate of drug-likeness (QED) is 0.733. The molecule has 1 aromatic carbocycles. The van der Waals surface area contributed by atoms with Gasteiger partial charge in [-0.1, -0.05) is 12.1 Å². The number of rotatable bonds is 1. The molecule has 5 nitrogen and oxygen atoms in total. The van der Waals surface area contributed by atoms with Crippen LogP contribution in [0, 0.1) is 0 Å². The Morgan fingerprint density at radius 1 is 1.00 bits per heavy atom. The predicted molar refractivity (Wildman–Crippen MR) is 85.2 cm³/mol. The zero-order chi connectivity index (χ0) is 17.7. The second-order valence-electron chi connectivity index (χ2n) is 6.46. The molecule has 0 spiro atoms. The molecule has 24 heavy (non-hydrogen) atoms. The average Bonchev–Trinajstić information content (AvgIpc) is 2.87. The van der Waals surface area contributed by atoms with E-state index in [0.717, 1.165) is 12.1 Å². The molecule has 0 radical (unpaired) electrons. The lowest BCUT2D eigenvalue weighted by Gasteiger charge is -2.19. The Morgan fingerprint density at radius 2 is 1.62 bits per heavy atom. The summed E-state index contributed by atoms with van der Waals surface area (Å²) >= 11 is 0. The molecule has 3 rings (SSSR count). The zero-order valence-corrected chi connectivity index (χ0v) is 13.4. The molecule has 3 aromatic rings. The fourth-order valence-electron chi connectivity index (χ4n) is 2.46. The molecular formula is C16H16F3N5. The average molecular weight is 335 g/mol. The van der Waals surface area contributed by atoms with Gasteiger partial charge in [0.2, 0.25) is 0 Å². The van der Waals surface area contributed by atoms with Crippen LogP contribution in [0.1, 0.15) is 26.3 Å². The van der Waals surface area contributed by atoms with Gasteiger partial charge in [0.25, 0.3) is 0 Å². The van der Waals surface area contributed by atoms with Crippen LogP contribution in [0.3, 0.4) is 0 Å². The van der Waals surface area contributed by atoms with Crippen molar-refractivity contribution in [2.75, 3.05) is 5.73 Å². The van der Waals surface area contributed by atoms with Crippen molar-refractivity contribution in [1.29, 1.82) is 0 Å². The molecular weight excluding hydrogens is 319 g/mol. The van der Waals surface area contributed by atoms with E-state index in [1.807, 2.05) is 20.8 Å². The number of nitrogens with two attached hydrogens (primary N) is 1. The summed E-state index contributed by atoms with van der Waals surface area (Å²) in [4.78, 5) is 8.22. The lowest BCUT2D eigenvalue weighted by atomic mass is 10.1. The first-order chi connectivity index (χ1) is 11.1. The van der Waals surface area contributed by atoms with Crippen molar-refractivity contribution >= 4 is 16.9 Å². The number of alkyl halides is 3. The Labute approximate surface area is 136 Å². The fourth-order valence-corrected chi connectivity index (χ4v) is 2.46. The summed E-state index contributed by atoms with van der Waals surface area (Å²) in [6, 6.07) is 4.81. The summed E-state index contributed by atoms with van der Waals surface area (Å²) in [5.74, 6) is 0.241. The maximum atomic E-state index is 12.7. The third-order valence-corrected chi connectivity index (χ3v) is 3.62. The minimum Gasteiger partial charge on any atom is -0.383 e. The molecule has 0 aliphatic rings. The van der Waals surface area contributed by atoms with Crippen LogP contribution in [0.5, 0.6) is 0 Å². The Kier molecular flexibility index (Phi) is 3.51. The van der Waals surface area contributed by atoms with Gasteiger partial charge in [-0.25, -0.2) is 14.6 Å². The first kappa shape index (κ1) is 16.2. The molecule has 0 bridgehead atoms.